The van der Waals surface area contributed by atoms with Gasteiger partial charge in [0.2, 0.25) is 5.91 Å². The van der Waals surface area contributed by atoms with Crippen LogP contribution in [-0.4, -0.2) is 51.5 Å². The minimum atomic E-state index is -0.299. The molecule has 0 aromatic carbocycles. The highest BCUT2D eigenvalue weighted by molar-refractivity contribution is 5.80. The molecule has 0 saturated carbocycles. The van der Waals surface area contributed by atoms with Crippen LogP contribution in [0.4, 0.5) is 0 Å². The summed E-state index contributed by atoms with van der Waals surface area (Å²) < 4.78 is 10.7. The number of methoxy groups -OCH3 is 1. The molecule has 0 bridgehead atoms. The zero-order valence-electron chi connectivity index (χ0n) is 9.04. The fourth-order valence-corrected chi connectivity index (χ4v) is 1.83. The molecule has 2 rings (SSSR count). The normalized spacial score (nSPS) is 31.3. The summed E-state index contributed by atoms with van der Waals surface area (Å²) in [5.74, 6) is 0.262. The number of rotatable bonds is 4. The second kappa shape index (κ2) is 4.47. The monoisotopic (exact) mass is 214 g/mol. The van der Waals surface area contributed by atoms with Gasteiger partial charge >= 0.3 is 0 Å². The zero-order valence-corrected chi connectivity index (χ0v) is 9.04. The summed E-state index contributed by atoms with van der Waals surface area (Å²) in [6.45, 7) is 3.44. The molecule has 1 amide bonds. The predicted octanol–water partition coefficient (Wildman–Crippen LogP) is -0.872. The molecule has 2 aliphatic rings. The first-order chi connectivity index (χ1) is 7.26. The summed E-state index contributed by atoms with van der Waals surface area (Å²) in [5.41, 5.74) is -0.299. The molecule has 2 heterocycles. The Morgan fingerprint density at radius 2 is 2.47 bits per heavy atom. The van der Waals surface area contributed by atoms with Crippen molar-refractivity contribution in [2.24, 2.45) is 5.92 Å². The van der Waals surface area contributed by atoms with Gasteiger partial charge in [-0.05, 0) is 0 Å². The molecule has 1 unspecified atom stereocenters. The maximum Gasteiger partial charge on any atom is 0.225 e. The van der Waals surface area contributed by atoms with Gasteiger partial charge in [0.25, 0.3) is 0 Å². The Hall–Kier alpha value is -0.650. The van der Waals surface area contributed by atoms with Gasteiger partial charge in [-0.3, -0.25) is 4.79 Å². The number of amides is 1. The lowest BCUT2D eigenvalue weighted by Crippen LogP contribution is -2.54. The Morgan fingerprint density at radius 3 is 2.93 bits per heavy atom. The van der Waals surface area contributed by atoms with Crippen molar-refractivity contribution in [3.8, 4) is 0 Å². The Kier molecular flexibility index (Phi) is 3.23. The molecule has 0 radical (unpaired) electrons. The molecule has 15 heavy (non-hydrogen) atoms. The third-order valence-electron chi connectivity index (χ3n) is 3.24. The predicted molar refractivity (Wildman–Crippen MR) is 54.5 cm³/mol. The van der Waals surface area contributed by atoms with E-state index in [0.717, 1.165) is 19.5 Å². The molecular weight excluding hydrogens is 196 g/mol. The van der Waals surface area contributed by atoms with Crippen LogP contribution in [0.2, 0.25) is 0 Å². The number of nitrogens with one attached hydrogen (secondary N) is 2. The maximum absolute atomic E-state index is 11.6. The molecule has 0 spiro atoms. The van der Waals surface area contributed by atoms with Crippen molar-refractivity contribution in [3.63, 3.8) is 0 Å². The molecule has 2 saturated heterocycles. The third kappa shape index (κ3) is 2.30. The fraction of sp³-hybridized carbons (Fsp3) is 0.900. The van der Waals surface area contributed by atoms with Crippen LogP contribution in [0.1, 0.15) is 6.42 Å². The fourth-order valence-electron chi connectivity index (χ4n) is 1.83. The smallest absolute Gasteiger partial charge is 0.225 e. The van der Waals surface area contributed by atoms with Gasteiger partial charge in [-0.15, -0.1) is 0 Å². The van der Waals surface area contributed by atoms with Crippen molar-refractivity contribution in [1.82, 2.24) is 10.6 Å². The number of carbonyl (C=O) groups is 1. The van der Waals surface area contributed by atoms with Gasteiger partial charge in [0.1, 0.15) is 5.60 Å². The van der Waals surface area contributed by atoms with Crippen LogP contribution in [0, 0.1) is 5.92 Å². The summed E-state index contributed by atoms with van der Waals surface area (Å²) in [4.78, 5) is 11.6. The summed E-state index contributed by atoms with van der Waals surface area (Å²) in [5, 5.41) is 6.01. The van der Waals surface area contributed by atoms with E-state index in [2.05, 4.69) is 10.6 Å². The van der Waals surface area contributed by atoms with Gasteiger partial charge in [-0.2, -0.15) is 0 Å². The van der Waals surface area contributed by atoms with Gasteiger partial charge in [0, 0.05) is 39.8 Å². The third-order valence-corrected chi connectivity index (χ3v) is 3.24. The molecule has 5 heteroatoms. The molecule has 0 aliphatic carbocycles. The Labute approximate surface area is 89.5 Å². The SMILES string of the molecule is COC1(CNC(=O)C2CNC2)CCOC1. The van der Waals surface area contributed by atoms with Crippen molar-refractivity contribution in [3.05, 3.63) is 0 Å². The molecule has 0 aromatic rings. The van der Waals surface area contributed by atoms with Crippen molar-refractivity contribution in [2.45, 2.75) is 12.0 Å². The number of carbonyl (C=O) groups excluding carboxylic acids is 1. The molecule has 2 N–H and O–H groups in total. The topological polar surface area (TPSA) is 59.6 Å². The van der Waals surface area contributed by atoms with Crippen LogP contribution in [0.5, 0.6) is 0 Å². The molecule has 1 atom stereocenters. The number of hydrogen-bond donors (Lipinski definition) is 2. The van der Waals surface area contributed by atoms with Crippen molar-refractivity contribution in [1.29, 1.82) is 0 Å². The molecule has 0 aromatic heterocycles. The van der Waals surface area contributed by atoms with E-state index in [1.807, 2.05) is 0 Å². The number of ether oxygens (including phenoxy) is 2. The minimum absolute atomic E-state index is 0.122. The minimum Gasteiger partial charge on any atom is -0.378 e. The molecule has 86 valence electrons. The van der Waals surface area contributed by atoms with E-state index in [1.54, 1.807) is 7.11 Å². The van der Waals surface area contributed by atoms with Gasteiger partial charge in [0.15, 0.2) is 0 Å². The largest absolute Gasteiger partial charge is 0.378 e. The summed E-state index contributed by atoms with van der Waals surface area (Å²) >= 11 is 0. The summed E-state index contributed by atoms with van der Waals surface area (Å²) in [7, 11) is 1.67. The van der Waals surface area contributed by atoms with Crippen LogP contribution in [0.15, 0.2) is 0 Å². The standard InChI is InChI=1S/C10H18N2O3/c1-14-10(2-3-15-7-10)6-12-9(13)8-4-11-5-8/h8,11H,2-7H2,1H3,(H,12,13). The van der Waals surface area contributed by atoms with Crippen molar-refractivity contribution < 1.29 is 14.3 Å². The zero-order chi connectivity index (χ0) is 10.7. The molecule has 2 aliphatic heterocycles. The van der Waals surface area contributed by atoms with Gasteiger partial charge in [-0.1, -0.05) is 0 Å². The van der Waals surface area contributed by atoms with E-state index < -0.39 is 0 Å². The number of hydrogen-bond acceptors (Lipinski definition) is 4. The first-order valence-electron chi connectivity index (χ1n) is 5.37. The van der Waals surface area contributed by atoms with E-state index in [4.69, 9.17) is 9.47 Å². The second-order valence-electron chi connectivity index (χ2n) is 4.26. The van der Waals surface area contributed by atoms with Crippen LogP contribution < -0.4 is 10.6 Å². The Bertz CT molecular complexity index is 235. The quantitative estimate of drug-likeness (QED) is 0.638. The lowest BCUT2D eigenvalue weighted by molar-refractivity contribution is -0.128. The van der Waals surface area contributed by atoms with Gasteiger partial charge in [0.05, 0.1) is 12.5 Å². The van der Waals surface area contributed by atoms with E-state index in [-0.39, 0.29) is 17.4 Å². The first-order valence-corrected chi connectivity index (χ1v) is 5.37. The van der Waals surface area contributed by atoms with Crippen LogP contribution >= 0.6 is 0 Å². The molecule has 5 nitrogen and oxygen atoms in total. The summed E-state index contributed by atoms with van der Waals surface area (Å²) in [6, 6.07) is 0. The van der Waals surface area contributed by atoms with Gasteiger partial charge in [-0.25, -0.2) is 0 Å². The van der Waals surface area contributed by atoms with Crippen molar-refractivity contribution in [2.75, 3.05) is 40.0 Å². The van der Waals surface area contributed by atoms with E-state index >= 15 is 0 Å². The highest BCUT2D eigenvalue weighted by Crippen LogP contribution is 2.21. The van der Waals surface area contributed by atoms with E-state index in [9.17, 15) is 4.79 Å². The summed E-state index contributed by atoms with van der Waals surface area (Å²) in [6.07, 6.45) is 0.854. The van der Waals surface area contributed by atoms with Gasteiger partial charge < -0.3 is 20.1 Å². The lowest BCUT2D eigenvalue weighted by Gasteiger charge is -2.30. The molecular formula is C10H18N2O3. The van der Waals surface area contributed by atoms with Crippen LogP contribution in [-0.2, 0) is 14.3 Å². The van der Waals surface area contributed by atoms with E-state index in [1.165, 1.54) is 0 Å². The van der Waals surface area contributed by atoms with Crippen molar-refractivity contribution >= 4 is 5.91 Å². The first kappa shape index (κ1) is 10.9. The van der Waals surface area contributed by atoms with E-state index in [0.29, 0.717) is 19.8 Å². The van der Waals surface area contributed by atoms with Crippen LogP contribution in [0.25, 0.3) is 0 Å². The highest BCUT2D eigenvalue weighted by atomic mass is 16.5. The lowest BCUT2D eigenvalue weighted by atomic mass is 10.00. The highest BCUT2D eigenvalue weighted by Gasteiger charge is 2.36. The second-order valence-corrected chi connectivity index (χ2v) is 4.26. The average molecular weight is 214 g/mol. The van der Waals surface area contributed by atoms with Crippen LogP contribution in [0.3, 0.4) is 0 Å². The Morgan fingerprint density at radius 1 is 1.67 bits per heavy atom. The Balaban J connectivity index is 1.77. The maximum atomic E-state index is 11.6. The molecule has 2 fully saturated rings. The average Bonchev–Trinajstić information content (AvgIpc) is 2.61.